The summed E-state index contributed by atoms with van der Waals surface area (Å²) in [7, 11) is 1.27. The number of amides is 2. The number of nitrogens with one attached hydrogen (secondary N) is 2. The van der Waals surface area contributed by atoms with Gasteiger partial charge in [-0.1, -0.05) is 0 Å². The van der Waals surface area contributed by atoms with Crippen molar-refractivity contribution in [2.24, 2.45) is 0 Å². The van der Waals surface area contributed by atoms with E-state index in [1.54, 1.807) is 12.1 Å². The van der Waals surface area contributed by atoms with Crippen LogP contribution in [0.3, 0.4) is 0 Å². The Labute approximate surface area is 144 Å². The van der Waals surface area contributed by atoms with Crippen LogP contribution in [-0.4, -0.2) is 30.7 Å². The van der Waals surface area contributed by atoms with E-state index in [0.717, 1.165) is 0 Å². The molecule has 0 saturated heterocycles. The number of carbonyl (C=O) groups excluding carboxylic acids is 4. The van der Waals surface area contributed by atoms with E-state index in [1.165, 1.54) is 50.4 Å². The number of benzene rings is 2. The summed E-state index contributed by atoms with van der Waals surface area (Å²) in [6.07, 6.45) is 0. The molecular weight excluding hydrogens is 324 g/mol. The molecule has 2 amide bonds. The minimum Gasteiger partial charge on any atom is -0.465 e. The maximum absolute atomic E-state index is 11.9. The van der Waals surface area contributed by atoms with E-state index in [-0.39, 0.29) is 5.78 Å². The van der Waals surface area contributed by atoms with Crippen LogP contribution in [0.5, 0.6) is 0 Å². The van der Waals surface area contributed by atoms with Crippen molar-refractivity contribution >= 4 is 34.9 Å². The van der Waals surface area contributed by atoms with Crippen molar-refractivity contribution in [1.29, 1.82) is 0 Å². The van der Waals surface area contributed by atoms with E-state index < -0.39 is 17.8 Å². The van der Waals surface area contributed by atoms with E-state index in [9.17, 15) is 19.2 Å². The van der Waals surface area contributed by atoms with Crippen molar-refractivity contribution in [1.82, 2.24) is 0 Å². The highest BCUT2D eigenvalue weighted by Gasteiger charge is 2.14. The predicted octanol–water partition coefficient (Wildman–Crippen LogP) is 2.25. The molecule has 2 rings (SSSR count). The molecule has 2 aromatic carbocycles. The number of hydrogen-bond donors (Lipinski definition) is 2. The van der Waals surface area contributed by atoms with Gasteiger partial charge in [0.05, 0.1) is 12.7 Å². The Kier molecular flexibility index (Phi) is 5.62. The molecule has 0 aromatic heterocycles. The van der Waals surface area contributed by atoms with Gasteiger partial charge in [-0.15, -0.1) is 0 Å². The van der Waals surface area contributed by atoms with Crippen molar-refractivity contribution < 1.29 is 23.9 Å². The zero-order valence-corrected chi connectivity index (χ0v) is 13.7. The highest BCUT2D eigenvalue weighted by molar-refractivity contribution is 6.43. The lowest BCUT2D eigenvalue weighted by atomic mass is 10.1. The molecule has 25 heavy (non-hydrogen) atoms. The lowest BCUT2D eigenvalue weighted by molar-refractivity contribution is -0.132. The fraction of sp³-hybridized carbons (Fsp3) is 0.111. The van der Waals surface area contributed by atoms with Crippen molar-refractivity contribution in [2.75, 3.05) is 17.7 Å². The molecular formula is C18H16N2O5. The summed E-state index contributed by atoms with van der Waals surface area (Å²) in [4.78, 5) is 46.3. The van der Waals surface area contributed by atoms with Gasteiger partial charge in [0, 0.05) is 16.9 Å². The normalized spacial score (nSPS) is 9.84. The minimum atomic E-state index is -0.860. The van der Waals surface area contributed by atoms with Crippen molar-refractivity contribution in [3.05, 3.63) is 59.7 Å². The van der Waals surface area contributed by atoms with Gasteiger partial charge in [0.2, 0.25) is 0 Å². The summed E-state index contributed by atoms with van der Waals surface area (Å²) in [6.45, 7) is 1.44. The molecule has 0 saturated carbocycles. The average molecular weight is 340 g/mol. The number of esters is 1. The molecule has 0 bridgehead atoms. The molecule has 2 aromatic rings. The Morgan fingerprint density at radius 3 is 1.48 bits per heavy atom. The molecule has 7 heteroatoms. The van der Waals surface area contributed by atoms with E-state index in [1.807, 2.05) is 0 Å². The Balaban J connectivity index is 1.96. The first kappa shape index (κ1) is 17.9. The lowest BCUT2D eigenvalue weighted by Crippen LogP contribution is -2.29. The number of ketones is 1. The third-order valence-corrected chi connectivity index (χ3v) is 3.32. The molecule has 0 radical (unpaired) electrons. The average Bonchev–Trinajstić information content (AvgIpc) is 2.62. The number of hydrogen-bond acceptors (Lipinski definition) is 5. The van der Waals surface area contributed by atoms with Gasteiger partial charge < -0.3 is 15.4 Å². The van der Waals surface area contributed by atoms with Gasteiger partial charge in [-0.3, -0.25) is 14.4 Å². The van der Waals surface area contributed by atoms with Crippen LogP contribution in [0.2, 0.25) is 0 Å². The van der Waals surface area contributed by atoms with E-state index in [0.29, 0.717) is 22.5 Å². The number of rotatable bonds is 4. The van der Waals surface area contributed by atoms with Crippen LogP contribution in [-0.2, 0) is 14.3 Å². The van der Waals surface area contributed by atoms with Crippen molar-refractivity contribution in [3.63, 3.8) is 0 Å². The maximum atomic E-state index is 11.9. The first-order valence-corrected chi connectivity index (χ1v) is 7.32. The number of carbonyl (C=O) groups is 4. The van der Waals surface area contributed by atoms with Crippen LogP contribution in [0, 0.1) is 0 Å². The van der Waals surface area contributed by atoms with Crippen LogP contribution in [0.15, 0.2) is 48.5 Å². The first-order valence-electron chi connectivity index (χ1n) is 7.32. The Hall–Kier alpha value is -3.48. The molecule has 7 nitrogen and oxygen atoms in total. The fourth-order valence-corrected chi connectivity index (χ4v) is 1.97. The van der Waals surface area contributed by atoms with Gasteiger partial charge in [-0.2, -0.15) is 0 Å². The van der Waals surface area contributed by atoms with E-state index in [4.69, 9.17) is 0 Å². The van der Waals surface area contributed by atoms with Gasteiger partial charge in [-0.05, 0) is 55.5 Å². The molecule has 0 heterocycles. The van der Waals surface area contributed by atoms with Crippen LogP contribution in [0.4, 0.5) is 11.4 Å². The topological polar surface area (TPSA) is 102 Å². The number of methoxy groups -OCH3 is 1. The second-order valence-electron chi connectivity index (χ2n) is 5.11. The second-order valence-corrected chi connectivity index (χ2v) is 5.11. The van der Waals surface area contributed by atoms with E-state index in [2.05, 4.69) is 15.4 Å². The van der Waals surface area contributed by atoms with Gasteiger partial charge in [0.1, 0.15) is 0 Å². The van der Waals surface area contributed by atoms with Gasteiger partial charge in [0.15, 0.2) is 5.78 Å². The predicted molar refractivity (Wildman–Crippen MR) is 91.5 cm³/mol. The zero-order chi connectivity index (χ0) is 18.4. The summed E-state index contributed by atoms with van der Waals surface area (Å²) < 4.78 is 4.57. The minimum absolute atomic E-state index is 0.0916. The van der Waals surface area contributed by atoms with E-state index >= 15 is 0 Å². The summed E-state index contributed by atoms with van der Waals surface area (Å²) in [5.41, 5.74) is 1.59. The van der Waals surface area contributed by atoms with Crippen LogP contribution >= 0.6 is 0 Å². The maximum Gasteiger partial charge on any atom is 0.337 e. The standard InChI is InChI=1S/C18H16N2O5/c1-11(21)12-3-7-14(8-4-12)19-16(22)17(23)20-15-9-5-13(6-10-15)18(24)25-2/h3-10H,1-2H3,(H,19,22)(H,20,23). The molecule has 0 atom stereocenters. The fourth-order valence-electron chi connectivity index (χ4n) is 1.97. The third-order valence-electron chi connectivity index (χ3n) is 3.32. The van der Waals surface area contributed by atoms with Crippen LogP contribution in [0.25, 0.3) is 0 Å². The highest BCUT2D eigenvalue weighted by Crippen LogP contribution is 2.12. The highest BCUT2D eigenvalue weighted by atomic mass is 16.5. The summed E-state index contributed by atoms with van der Waals surface area (Å²) in [6, 6.07) is 12.1. The summed E-state index contributed by atoms with van der Waals surface area (Å²) >= 11 is 0. The Morgan fingerprint density at radius 2 is 1.12 bits per heavy atom. The number of Topliss-reactive ketones (excluding diaryl/α,β-unsaturated/α-hetero) is 1. The molecule has 0 aliphatic heterocycles. The van der Waals surface area contributed by atoms with Crippen LogP contribution in [0.1, 0.15) is 27.6 Å². The van der Waals surface area contributed by atoms with Gasteiger partial charge in [-0.25, -0.2) is 4.79 Å². The quantitative estimate of drug-likeness (QED) is 0.505. The summed E-state index contributed by atoms with van der Waals surface area (Å²) in [5.74, 6) is -2.30. The lowest BCUT2D eigenvalue weighted by Gasteiger charge is -2.07. The molecule has 0 unspecified atom stereocenters. The SMILES string of the molecule is COC(=O)c1ccc(NC(=O)C(=O)Nc2ccc(C(C)=O)cc2)cc1. The first-order chi connectivity index (χ1) is 11.9. The smallest absolute Gasteiger partial charge is 0.337 e. The number of anilines is 2. The molecule has 2 N–H and O–H groups in total. The Morgan fingerprint density at radius 1 is 0.720 bits per heavy atom. The van der Waals surface area contributed by atoms with Crippen molar-refractivity contribution in [3.8, 4) is 0 Å². The summed E-state index contributed by atoms with van der Waals surface area (Å²) in [5, 5.41) is 4.85. The molecule has 0 spiro atoms. The second kappa shape index (κ2) is 7.87. The Bertz CT molecular complexity index is 810. The molecule has 128 valence electrons. The molecule has 0 fully saturated rings. The van der Waals surface area contributed by atoms with Crippen LogP contribution < -0.4 is 10.6 Å². The van der Waals surface area contributed by atoms with Gasteiger partial charge in [0.25, 0.3) is 0 Å². The molecule has 0 aliphatic carbocycles. The van der Waals surface area contributed by atoms with Crippen molar-refractivity contribution in [2.45, 2.75) is 6.92 Å². The monoisotopic (exact) mass is 340 g/mol. The van der Waals surface area contributed by atoms with Gasteiger partial charge >= 0.3 is 17.8 Å². The third kappa shape index (κ3) is 4.74. The zero-order valence-electron chi connectivity index (χ0n) is 13.7. The largest absolute Gasteiger partial charge is 0.465 e. The molecule has 0 aliphatic rings. The number of ether oxygens (including phenoxy) is 1.